The van der Waals surface area contributed by atoms with Crippen molar-refractivity contribution < 1.29 is 4.39 Å². The summed E-state index contributed by atoms with van der Waals surface area (Å²) in [6.07, 6.45) is 0.937. The van der Waals surface area contributed by atoms with Crippen LogP contribution in [0.25, 0.3) is 10.9 Å². The molecule has 0 bridgehead atoms. The van der Waals surface area contributed by atoms with E-state index >= 15 is 0 Å². The zero-order chi connectivity index (χ0) is 16.7. The first-order valence-corrected chi connectivity index (χ1v) is 8.36. The van der Waals surface area contributed by atoms with Gasteiger partial charge in [-0.2, -0.15) is 0 Å². The summed E-state index contributed by atoms with van der Waals surface area (Å²) in [6.45, 7) is 5.78. The Morgan fingerprint density at radius 2 is 2.00 bits per heavy atom. The number of rotatable bonds is 2. The number of aryl methyl sites for hydroxylation is 1. The minimum atomic E-state index is -0.166. The molecule has 0 fully saturated rings. The van der Waals surface area contributed by atoms with Crippen LogP contribution < -0.4 is 0 Å². The fraction of sp³-hybridized carbons (Fsp3) is 0.300. The van der Waals surface area contributed by atoms with Crippen molar-refractivity contribution in [2.75, 3.05) is 6.54 Å². The lowest BCUT2D eigenvalue weighted by Crippen LogP contribution is -2.34. The van der Waals surface area contributed by atoms with Crippen molar-refractivity contribution in [3.8, 4) is 0 Å². The highest BCUT2D eigenvalue weighted by Gasteiger charge is 2.25. The second-order valence-electron chi connectivity index (χ2n) is 6.48. The van der Waals surface area contributed by atoms with Crippen LogP contribution in [0.1, 0.15) is 35.6 Å². The van der Waals surface area contributed by atoms with E-state index in [1.165, 1.54) is 5.56 Å². The molecule has 1 aliphatic heterocycles. The summed E-state index contributed by atoms with van der Waals surface area (Å²) in [6, 6.07) is 13.4. The summed E-state index contributed by atoms with van der Waals surface area (Å²) >= 11 is 0. The quantitative estimate of drug-likeness (QED) is 0.708. The molecule has 0 saturated carbocycles. The first-order chi connectivity index (χ1) is 11.6. The molecule has 0 spiro atoms. The highest BCUT2D eigenvalue weighted by molar-refractivity contribution is 5.80. The van der Waals surface area contributed by atoms with Crippen LogP contribution in [-0.4, -0.2) is 21.4 Å². The molecule has 1 aromatic heterocycles. The van der Waals surface area contributed by atoms with Gasteiger partial charge < -0.3 is 0 Å². The van der Waals surface area contributed by atoms with Gasteiger partial charge in [-0.25, -0.2) is 14.4 Å². The molecule has 0 saturated heterocycles. The summed E-state index contributed by atoms with van der Waals surface area (Å²) in [5.74, 6) is 0.665. The summed E-state index contributed by atoms with van der Waals surface area (Å²) in [7, 11) is 0. The summed E-state index contributed by atoms with van der Waals surface area (Å²) in [4.78, 5) is 11.7. The lowest BCUT2D eigenvalue weighted by molar-refractivity contribution is 0.184. The lowest BCUT2D eigenvalue weighted by atomic mass is 9.93. The Morgan fingerprint density at radius 3 is 2.88 bits per heavy atom. The number of halogens is 1. The number of hydrogen-bond acceptors (Lipinski definition) is 3. The van der Waals surface area contributed by atoms with Crippen LogP contribution in [0.3, 0.4) is 0 Å². The van der Waals surface area contributed by atoms with Gasteiger partial charge in [0.05, 0.1) is 12.1 Å². The zero-order valence-electron chi connectivity index (χ0n) is 14.0. The second kappa shape index (κ2) is 5.95. The standard InChI is InChI=1S/C20H20FN3/c1-13-17-5-3-4-6-19(17)23-20(22-13)12-24-10-9-15-7-8-16(21)11-18(15)14(24)2/h3-8,11,14H,9-10,12H2,1-2H3. The molecule has 3 aromatic rings. The SMILES string of the molecule is Cc1nc(CN2CCc3ccc(F)cc3C2C)nc2ccccc12. The van der Waals surface area contributed by atoms with E-state index in [1.54, 1.807) is 12.1 Å². The molecule has 0 N–H and O–H groups in total. The van der Waals surface area contributed by atoms with Crippen LogP contribution in [0.15, 0.2) is 42.5 Å². The third-order valence-electron chi connectivity index (χ3n) is 4.96. The monoisotopic (exact) mass is 321 g/mol. The largest absolute Gasteiger partial charge is 0.289 e. The lowest BCUT2D eigenvalue weighted by Gasteiger charge is -2.34. The third kappa shape index (κ3) is 2.67. The molecular formula is C20H20FN3. The van der Waals surface area contributed by atoms with Crippen molar-refractivity contribution >= 4 is 10.9 Å². The molecule has 1 atom stereocenters. The van der Waals surface area contributed by atoms with E-state index in [2.05, 4.69) is 22.9 Å². The fourth-order valence-electron chi connectivity index (χ4n) is 3.60. The number of para-hydroxylation sites is 1. The van der Waals surface area contributed by atoms with Gasteiger partial charge in [-0.15, -0.1) is 0 Å². The van der Waals surface area contributed by atoms with Gasteiger partial charge in [0.25, 0.3) is 0 Å². The second-order valence-corrected chi connectivity index (χ2v) is 6.48. The number of nitrogens with zero attached hydrogens (tertiary/aromatic N) is 3. The molecule has 2 aromatic carbocycles. The van der Waals surface area contributed by atoms with Crippen LogP contribution in [0.2, 0.25) is 0 Å². The minimum Gasteiger partial charge on any atom is -0.289 e. The minimum absolute atomic E-state index is 0.166. The molecule has 24 heavy (non-hydrogen) atoms. The number of hydrogen-bond donors (Lipinski definition) is 0. The van der Waals surface area contributed by atoms with E-state index in [0.717, 1.165) is 41.0 Å². The third-order valence-corrected chi connectivity index (χ3v) is 4.96. The van der Waals surface area contributed by atoms with Crippen molar-refractivity contribution in [2.24, 2.45) is 0 Å². The van der Waals surface area contributed by atoms with Gasteiger partial charge in [0.1, 0.15) is 11.6 Å². The first kappa shape index (κ1) is 15.2. The molecule has 0 aliphatic carbocycles. The van der Waals surface area contributed by atoms with E-state index in [0.29, 0.717) is 6.54 Å². The fourth-order valence-corrected chi connectivity index (χ4v) is 3.60. The van der Waals surface area contributed by atoms with E-state index < -0.39 is 0 Å². The summed E-state index contributed by atoms with van der Waals surface area (Å²) < 4.78 is 13.6. The Kier molecular flexibility index (Phi) is 3.77. The maximum atomic E-state index is 13.6. The van der Waals surface area contributed by atoms with Gasteiger partial charge in [0, 0.05) is 23.7 Å². The maximum Gasteiger partial charge on any atom is 0.143 e. The normalized spacial score (nSPS) is 17.9. The topological polar surface area (TPSA) is 29.0 Å². The first-order valence-electron chi connectivity index (χ1n) is 8.36. The Labute approximate surface area is 141 Å². The van der Waals surface area contributed by atoms with Crippen molar-refractivity contribution in [3.63, 3.8) is 0 Å². The average molecular weight is 321 g/mol. The van der Waals surface area contributed by atoms with Crippen molar-refractivity contribution in [1.82, 2.24) is 14.9 Å². The average Bonchev–Trinajstić information content (AvgIpc) is 2.58. The van der Waals surface area contributed by atoms with E-state index in [-0.39, 0.29) is 11.9 Å². The van der Waals surface area contributed by atoms with Crippen LogP contribution in [0.5, 0.6) is 0 Å². The van der Waals surface area contributed by atoms with E-state index in [1.807, 2.05) is 31.2 Å². The van der Waals surface area contributed by atoms with Crippen molar-refractivity contribution in [2.45, 2.75) is 32.9 Å². The van der Waals surface area contributed by atoms with Crippen LogP contribution in [0, 0.1) is 12.7 Å². The smallest absolute Gasteiger partial charge is 0.143 e. The predicted octanol–water partition coefficient (Wildman–Crippen LogP) is 4.20. The van der Waals surface area contributed by atoms with Crippen molar-refractivity contribution in [3.05, 3.63) is 70.9 Å². The molecule has 0 radical (unpaired) electrons. The Morgan fingerprint density at radius 1 is 1.17 bits per heavy atom. The highest BCUT2D eigenvalue weighted by atomic mass is 19.1. The van der Waals surface area contributed by atoms with E-state index in [9.17, 15) is 4.39 Å². The van der Waals surface area contributed by atoms with Gasteiger partial charge in [-0.3, -0.25) is 4.90 Å². The number of aromatic nitrogens is 2. The maximum absolute atomic E-state index is 13.6. The molecule has 2 heterocycles. The van der Waals surface area contributed by atoms with E-state index in [4.69, 9.17) is 4.98 Å². The number of benzene rings is 2. The molecule has 1 aliphatic rings. The van der Waals surface area contributed by atoms with Gasteiger partial charge in [-0.05, 0) is 49.6 Å². The predicted molar refractivity (Wildman–Crippen MR) is 93.2 cm³/mol. The highest BCUT2D eigenvalue weighted by Crippen LogP contribution is 2.31. The zero-order valence-corrected chi connectivity index (χ0v) is 14.0. The van der Waals surface area contributed by atoms with Crippen molar-refractivity contribution in [1.29, 1.82) is 0 Å². The van der Waals surface area contributed by atoms with Crippen LogP contribution >= 0.6 is 0 Å². The van der Waals surface area contributed by atoms with Gasteiger partial charge in [0.15, 0.2) is 0 Å². The van der Waals surface area contributed by atoms with Gasteiger partial charge >= 0.3 is 0 Å². The Hall–Kier alpha value is -2.33. The molecule has 4 heteroatoms. The number of fused-ring (bicyclic) bond motifs is 2. The van der Waals surface area contributed by atoms with Gasteiger partial charge in [0.2, 0.25) is 0 Å². The molecule has 1 unspecified atom stereocenters. The van der Waals surface area contributed by atoms with Crippen LogP contribution in [0.4, 0.5) is 4.39 Å². The Balaban J connectivity index is 1.64. The molecular weight excluding hydrogens is 301 g/mol. The molecule has 0 amide bonds. The molecule has 122 valence electrons. The summed E-state index contributed by atoms with van der Waals surface area (Å²) in [5.41, 5.74) is 4.32. The molecule has 3 nitrogen and oxygen atoms in total. The van der Waals surface area contributed by atoms with Crippen LogP contribution in [-0.2, 0) is 13.0 Å². The molecule has 4 rings (SSSR count). The van der Waals surface area contributed by atoms with Gasteiger partial charge in [-0.1, -0.05) is 24.3 Å². The Bertz CT molecular complexity index is 907. The summed E-state index contributed by atoms with van der Waals surface area (Å²) in [5, 5.41) is 1.10.